The molecule has 0 radical (unpaired) electrons. The number of hydrogen-bond donors (Lipinski definition) is 0. The Morgan fingerprint density at radius 2 is 1.72 bits per heavy atom. The predicted molar refractivity (Wildman–Crippen MR) is 118 cm³/mol. The Hall–Kier alpha value is -1.88. The number of likely N-dealkylation sites (tertiary alicyclic amines) is 1. The first-order valence-electron chi connectivity index (χ1n) is 11.3. The summed E-state index contributed by atoms with van der Waals surface area (Å²) >= 11 is 0. The molecule has 5 nitrogen and oxygen atoms in total. The van der Waals surface area contributed by atoms with E-state index in [9.17, 15) is 4.79 Å². The molecule has 1 aliphatic carbocycles. The van der Waals surface area contributed by atoms with Crippen molar-refractivity contribution in [3.8, 4) is 5.75 Å². The minimum atomic E-state index is 0.254. The largest absolute Gasteiger partial charge is 0.490 e. The molecule has 2 aliphatic rings. The summed E-state index contributed by atoms with van der Waals surface area (Å²) in [7, 11) is 1.68. The summed E-state index contributed by atoms with van der Waals surface area (Å²) in [6.07, 6.45) is 8.83. The Balaban J connectivity index is 1.60. The van der Waals surface area contributed by atoms with Crippen LogP contribution in [0.4, 0.5) is 0 Å². The molecule has 1 heterocycles. The van der Waals surface area contributed by atoms with Crippen molar-refractivity contribution >= 4 is 12.1 Å². The molecule has 29 heavy (non-hydrogen) atoms. The van der Waals surface area contributed by atoms with Gasteiger partial charge in [-0.05, 0) is 61.4 Å². The Labute approximate surface area is 176 Å². The molecule has 0 aromatic heterocycles. The van der Waals surface area contributed by atoms with E-state index >= 15 is 0 Å². The molecule has 3 rings (SSSR count). The van der Waals surface area contributed by atoms with Crippen molar-refractivity contribution in [3.05, 3.63) is 29.8 Å². The van der Waals surface area contributed by atoms with Gasteiger partial charge in [-0.15, -0.1) is 0 Å². The number of rotatable bonds is 8. The highest BCUT2D eigenvalue weighted by atomic mass is 16.5. The van der Waals surface area contributed by atoms with Gasteiger partial charge in [-0.25, -0.2) is 5.01 Å². The molecule has 1 aromatic rings. The number of ether oxygens (including phenoxy) is 1. The topological polar surface area (TPSA) is 45.1 Å². The van der Waals surface area contributed by atoms with E-state index in [1.165, 1.54) is 30.7 Å². The molecule has 1 saturated carbocycles. The lowest BCUT2D eigenvalue weighted by atomic mass is 9.89. The fourth-order valence-corrected chi connectivity index (χ4v) is 4.45. The first kappa shape index (κ1) is 21.8. The monoisotopic (exact) mass is 399 g/mol. The van der Waals surface area contributed by atoms with Crippen molar-refractivity contribution in [1.82, 2.24) is 9.91 Å². The number of piperidine rings is 1. The SMILES string of the molecule is CC(C)C(C)/C(=N\N(C)C=O)c1ccc(OC2CCN(C3CCCC3)CC2)cc1. The summed E-state index contributed by atoms with van der Waals surface area (Å²) in [5, 5.41) is 5.86. The standard InChI is InChI=1S/C24H37N3O2/c1-18(2)19(3)24(25-26(4)17-28)20-9-11-22(12-10-20)29-23-13-15-27(16-14-23)21-7-5-6-8-21/h9-12,17-19,21,23H,5-8,13-16H2,1-4H3/b25-24+. The van der Waals surface area contributed by atoms with Gasteiger partial charge in [0.15, 0.2) is 0 Å². The van der Waals surface area contributed by atoms with E-state index in [0.29, 0.717) is 12.0 Å². The first-order valence-corrected chi connectivity index (χ1v) is 11.3. The summed E-state index contributed by atoms with van der Waals surface area (Å²) in [6, 6.07) is 9.05. The molecular formula is C24H37N3O2. The van der Waals surface area contributed by atoms with Crippen LogP contribution in [0.25, 0.3) is 0 Å². The number of carbonyl (C=O) groups excluding carboxylic acids is 1. The second-order valence-electron chi connectivity index (χ2n) is 9.01. The van der Waals surface area contributed by atoms with Crippen LogP contribution in [0.1, 0.15) is 64.9 Å². The van der Waals surface area contributed by atoms with Crippen LogP contribution in [0.15, 0.2) is 29.4 Å². The Morgan fingerprint density at radius 1 is 1.10 bits per heavy atom. The van der Waals surface area contributed by atoms with Gasteiger partial charge in [0, 0.05) is 32.1 Å². The van der Waals surface area contributed by atoms with Crippen molar-refractivity contribution in [1.29, 1.82) is 0 Å². The van der Waals surface area contributed by atoms with E-state index in [1.54, 1.807) is 7.05 Å². The molecule has 1 atom stereocenters. The van der Waals surface area contributed by atoms with Gasteiger partial charge in [-0.1, -0.05) is 33.6 Å². The number of hydrazone groups is 1. The molecule has 0 N–H and O–H groups in total. The van der Waals surface area contributed by atoms with Crippen LogP contribution in [0.2, 0.25) is 0 Å². The zero-order valence-electron chi connectivity index (χ0n) is 18.5. The van der Waals surface area contributed by atoms with Gasteiger partial charge >= 0.3 is 0 Å². The van der Waals surface area contributed by atoms with E-state index in [0.717, 1.165) is 55.4 Å². The molecule has 1 aromatic carbocycles. The zero-order valence-corrected chi connectivity index (χ0v) is 18.5. The fourth-order valence-electron chi connectivity index (χ4n) is 4.45. The van der Waals surface area contributed by atoms with E-state index < -0.39 is 0 Å². The lowest BCUT2D eigenvalue weighted by Crippen LogP contribution is -2.43. The molecule has 1 aliphatic heterocycles. The van der Waals surface area contributed by atoms with Crippen LogP contribution in [-0.2, 0) is 4.79 Å². The highest BCUT2D eigenvalue weighted by molar-refractivity contribution is 6.02. The van der Waals surface area contributed by atoms with E-state index in [-0.39, 0.29) is 5.92 Å². The lowest BCUT2D eigenvalue weighted by molar-refractivity contribution is -0.117. The highest BCUT2D eigenvalue weighted by Crippen LogP contribution is 2.28. The third-order valence-corrected chi connectivity index (χ3v) is 6.62. The van der Waals surface area contributed by atoms with Crippen LogP contribution < -0.4 is 4.74 Å². The van der Waals surface area contributed by atoms with Crippen LogP contribution in [0, 0.1) is 11.8 Å². The van der Waals surface area contributed by atoms with Gasteiger partial charge in [-0.2, -0.15) is 5.10 Å². The number of amides is 1. The molecular weight excluding hydrogens is 362 g/mol. The maximum Gasteiger partial charge on any atom is 0.229 e. The van der Waals surface area contributed by atoms with Crippen molar-refractivity contribution < 1.29 is 9.53 Å². The van der Waals surface area contributed by atoms with Gasteiger partial charge in [-0.3, -0.25) is 4.79 Å². The summed E-state index contributed by atoms with van der Waals surface area (Å²) in [4.78, 5) is 13.7. The van der Waals surface area contributed by atoms with Gasteiger partial charge < -0.3 is 9.64 Å². The van der Waals surface area contributed by atoms with Crippen LogP contribution in [0.3, 0.4) is 0 Å². The van der Waals surface area contributed by atoms with Crippen molar-refractivity contribution in [3.63, 3.8) is 0 Å². The van der Waals surface area contributed by atoms with Crippen LogP contribution >= 0.6 is 0 Å². The van der Waals surface area contributed by atoms with Crippen molar-refractivity contribution in [2.45, 2.75) is 71.4 Å². The van der Waals surface area contributed by atoms with Crippen LogP contribution in [0.5, 0.6) is 5.75 Å². The van der Waals surface area contributed by atoms with E-state index in [4.69, 9.17) is 4.74 Å². The van der Waals surface area contributed by atoms with E-state index in [1.807, 2.05) is 12.1 Å². The summed E-state index contributed by atoms with van der Waals surface area (Å²) in [5.41, 5.74) is 1.98. The summed E-state index contributed by atoms with van der Waals surface area (Å²) in [6.45, 7) is 8.83. The number of benzene rings is 1. The maximum absolute atomic E-state index is 11.0. The smallest absolute Gasteiger partial charge is 0.229 e. The summed E-state index contributed by atoms with van der Waals surface area (Å²) < 4.78 is 6.28. The lowest BCUT2D eigenvalue weighted by Gasteiger charge is -2.36. The molecule has 1 unspecified atom stereocenters. The second-order valence-corrected chi connectivity index (χ2v) is 9.01. The predicted octanol–water partition coefficient (Wildman–Crippen LogP) is 4.56. The molecule has 2 fully saturated rings. The maximum atomic E-state index is 11.0. The van der Waals surface area contributed by atoms with E-state index in [2.05, 4.69) is 42.9 Å². The van der Waals surface area contributed by atoms with Gasteiger partial charge in [0.25, 0.3) is 0 Å². The van der Waals surface area contributed by atoms with Gasteiger partial charge in [0.05, 0.1) is 5.71 Å². The zero-order chi connectivity index (χ0) is 20.8. The van der Waals surface area contributed by atoms with Crippen molar-refractivity contribution in [2.24, 2.45) is 16.9 Å². The number of nitrogens with zero attached hydrogens (tertiary/aromatic N) is 3. The highest BCUT2D eigenvalue weighted by Gasteiger charge is 2.27. The third-order valence-electron chi connectivity index (χ3n) is 6.62. The Morgan fingerprint density at radius 3 is 2.28 bits per heavy atom. The third kappa shape index (κ3) is 5.81. The second kappa shape index (κ2) is 10.2. The fraction of sp³-hybridized carbons (Fsp3) is 0.667. The average molecular weight is 400 g/mol. The van der Waals surface area contributed by atoms with Gasteiger partial charge in [0.1, 0.15) is 11.9 Å². The van der Waals surface area contributed by atoms with Crippen molar-refractivity contribution in [2.75, 3.05) is 20.1 Å². The first-order chi connectivity index (χ1) is 14.0. The summed E-state index contributed by atoms with van der Waals surface area (Å²) in [5.74, 6) is 1.62. The molecule has 0 spiro atoms. The minimum absolute atomic E-state index is 0.254. The molecule has 1 saturated heterocycles. The average Bonchev–Trinajstić information content (AvgIpc) is 3.27. The quantitative estimate of drug-likeness (QED) is 0.366. The number of hydrogen-bond acceptors (Lipinski definition) is 4. The van der Waals surface area contributed by atoms with Gasteiger partial charge in [0.2, 0.25) is 6.41 Å². The van der Waals surface area contributed by atoms with Crippen LogP contribution in [-0.4, -0.2) is 54.3 Å². The molecule has 0 bridgehead atoms. The number of carbonyl (C=O) groups is 1. The molecule has 160 valence electrons. The minimum Gasteiger partial charge on any atom is -0.490 e. The molecule has 5 heteroatoms. The normalized spacial score (nSPS) is 20.8. The Bertz CT molecular complexity index is 672. The molecule has 1 amide bonds. The Kier molecular flexibility index (Phi) is 7.70.